The van der Waals surface area contributed by atoms with Crippen molar-refractivity contribution in [3.05, 3.63) is 41.7 Å². The Morgan fingerprint density at radius 2 is 1.37 bits per heavy atom. The minimum absolute atomic E-state index is 0.471. The highest BCUT2D eigenvalue weighted by molar-refractivity contribution is 7.45. The van der Waals surface area contributed by atoms with E-state index in [1.165, 1.54) is 12.8 Å². The van der Waals surface area contributed by atoms with Crippen molar-refractivity contribution < 1.29 is 49.2 Å². The van der Waals surface area contributed by atoms with Crippen molar-refractivity contribution in [1.29, 1.82) is 0 Å². The first kappa shape index (κ1) is 28.5. The molecule has 11 heteroatoms. The molecule has 0 unspecified atom stereocenters. The average molecular weight is 452 g/mol. The minimum Gasteiger partial charge on any atom is -0.311 e. The van der Waals surface area contributed by atoms with Crippen LogP contribution in [0.5, 0.6) is 5.75 Å². The van der Waals surface area contributed by atoms with Crippen LogP contribution < -0.4 is 4.89 Å². The summed E-state index contributed by atoms with van der Waals surface area (Å²) in [5, 5.41) is 17.7. The fourth-order valence-electron chi connectivity index (χ4n) is 2.25. The highest BCUT2D eigenvalue weighted by Crippen LogP contribution is 2.25. The fourth-order valence-corrected chi connectivity index (χ4v) is 2.25. The van der Waals surface area contributed by atoms with E-state index in [4.69, 9.17) is 29.0 Å². The molecule has 0 amide bonds. The molecule has 1 rings (SSSR count). The number of hydrogen-bond acceptors (Lipinski definition) is 7. The van der Waals surface area contributed by atoms with E-state index in [0.29, 0.717) is 5.75 Å². The van der Waals surface area contributed by atoms with Crippen LogP contribution in [0.1, 0.15) is 72.1 Å². The van der Waals surface area contributed by atoms with Gasteiger partial charge in [-0.1, -0.05) is 57.7 Å². The van der Waals surface area contributed by atoms with E-state index < -0.39 is 7.82 Å². The Bertz CT molecular complexity index is 594. The first-order valence-electron chi connectivity index (χ1n) is 9.81. The van der Waals surface area contributed by atoms with E-state index in [0.717, 1.165) is 49.9 Å². The first-order chi connectivity index (χ1) is 14.3. The Morgan fingerprint density at radius 1 is 0.833 bits per heavy atom. The summed E-state index contributed by atoms with van der Waals surface area (Å²) >= 11 is 0. The van der Waals surface area contributed by atoms with Crippen LogP contribution in [0.25, 0.3) is 0 Å². The van der Waals surface area contributed by atoms with E-state index in [1.807, 2.05) is 6.07 Å². The van der Waals surface area contributed by atoms with Crippen molar-refractivity contribution >= 4 is 7.82 Å². The number of phosphoric acid groups is 1. The standard InChI is InChI=1S/C19H30O6.H3O4P/c1-4-6-9-13-17(3)19(16-10-7-5-2)21-23-25-24-22-20-18-14-11-8-12-15-18;1-5(2,3)4/h8,11-12,14-15H,4-7,9-10,13,16H2,1-3H3;(H3,1,2,3,4). The highest BCUT2D eigenvalue weighted by atomic mass is 31.2. The maximum absolute atomic E-state index is 8.88. The van der Waals surface area contributed by atoms with Crippen LogP contribution in [-0.2, 0) is 29.6 Å². The van der Waals surface area contributed by atoms with Crippen molar-refractivity contribution in [2.24, 2.45) is 0 Å². The van der Waals surface area contributed by atoms with Crippen LogP contribution >= 0.6 is 7.82 Å². The van der Waals surface area contributed by atoms with Crippen LogP contribution in [0.4, 0.5) is 0 Å². The van der Waals surface area contributed by atoms with Gasteiger partial charge >= 0.3 is 7.82 Å². The molecule has 0 aliphatic heterocycles. The Morgan fingerprint density at radius 3 is 1.93 bits per heavy atom. The lowest BCUT2D eigenvalue weighted by Crippen LogP contribution is -2.04. The lowest BCUT2D eigenvalue weighted by atomic mass is 10.0. The minimum atomic E-state index is -4.64. The fraction of sp³-hybridized carbons (Fsp3) is 0.579. The Balaban J connectivity index is 0.00000150. The molecule has 174 valence electrons. The van der Waals surface area contributed by atoms with Crippen LogP contribution in [0.2, 0.25) is 0 Å². The molecule has 0 atom stereocenters. The third-order valence-corrected chi connectivity index (χ3v) is 3.73. The average Bonchev–Trinajstić information content (AvgIpc) is 2.69. The zero-order valence-corrected chi connectivity index (χ0v) is 18.6. The van der Waals surface area contributed by atoms with Gasteiger partial charge in [0.15, 0.2) is 5.75 Å². The van der Waals surface area contributed by atoms with Crippen molar-refractivity contribution in [1.82, 2.24) is 0 Å². The molecule has 0 saturated carbocycles. The number of allylic oxidation sites excluding steroid dienone is 2. The van der Waals surface area contributed by atoms with E-state index in [-0.39, 0.29) is 0 Å². The molecule has 30 heavy (non-hydrogen) atoms. The molecule has 1 aromatic carbocycles. The van der Waals surface area contributed by atoms with Gasteiger partial charge in [-0.05, 0) is 43.9 Å². The van der Waals surface area contributed by atoms with Gasteiger partial charge in [0, 0.05) is 26.6 Å². The number of unbranched alkanes of at least 4 members (excludes halogenated alkanes) is 4. The predicted molar refractivity (Wildman–Crippen MR) is 108 cm³/mol. The van der Waals surface area contributed by atoms with Gasteiger partial charge in [-0.25, -0.2) is 4.57 Å². The summed E-state index contributed by atoms with van der Waals surface area (Å²) in [5.41, 5.74) is 1.16. The number of para-hydroxylation sites is 1. The zero-order valence-electron chi connectivity index (χ0n) is 17.7. The maximum atomic E-state index is 8.88. The first-order valence-corrected chi connectivity index (χ1v) is 11.4. The summed E-state index contributed by atoms with van der Waals surface area (Å²) in [6.45, 7) is 6.40. The molecule has 3 N–H and O–H groups in total. The molecule has 0 spiro atoms. The van der Waals surface area contributed by atoms with Crippen molar-refractivity contribution in [2.45, 2.75) is 72.1 Å². The maximum Gasteiger partial charge on any atom is 0.466 e. The third-order valence-electron chi connectivity index (χ3n) is 3.73. The Hall–Kier alpha value is -1.49. The van der Waals surface area contributed by atoms with E-state index in [1.54, 1.807) is 24.3 Å². The van der Waals surface area contributed by atoms with Crippen molar-refractivity contribution in [3.63, 3.8) is 0 Å². The second-order valence-electron chi connectivity index (χ2n) is 6.38. The highest BCUT2D eigenvalue weighted by Gasteiger charge is 2.08. The smallest absolute Gasteiger partial charge is 0.311 e. The summed E-state index contributed by atoms with van der Waals surface area (Å²) in [6.07, 6.45) is 8.62. The molecular weight excluding hydrogens is 419 g/mol. The van der Waals surface area contributed by atoms with Gasteiger partial charge < -0.3 is 24.5 Å². The molecule has 0 aliphatic carbocycles. The molecule has 1 aromatic rings. The van der Waals surface area contributed by atoms with Gasteiger partial charge in [0.2, 0.25) is 0 Å². The normalized spacial score (nSPS) is 11.9. The van der Waals surface area contributed by atoms with Crippen LogP contribution in [0.3, 0.4) is 0 Å². The SMILES string of the molecule is CCCCCC(C)=C(CCCCC)OOOOOOc1ccccc1.O=P(O)(O)O. The molecule has 0 radical (unpaired) electrons. The molecule has 0 aliphatic rings. The van der Waals surface area contributed by atoms with Gasteiger partial charge in [0.1, 0.15) is 5.76 Å². The quantitative estimate of drug-likeness (QED) is 0.107. The summed E-state index contributed by atoms with van der Waals surface area (Å²) in [6, 6.07) is 8.86. The van der Waals surface area contributed by atoms with E-state index in [2.05, 4.69) is 40.9 Å². The summed E-state index contributed by atoms with van der Waals surface area (Å²) in [5.74, 6) is 1.25. The van der Waals surface area contributed by atoms with Gasteiger partial charge in [0.25, 0.3) is 0 Å². The van der Waals surface area contributed by atoms with Gasteiger partial charge in [-0.15, -0.1) is 0 Å². The lowest BCUT2D eigenvalue weighted by Gasteiger charge is -2.11. The van der Waals surface area contributed by atoms with Crippen LogP contribution in [-0.4, -0.2) is 14.7 Å². The number of hydrogen-bond donors (Lipinski definition) is 3. The topological polar surface area (TPSA) is 133 Å². The third kappa shape index (κ3) is 19.8. The van der Waals surface area contributed by atoms with Crippen molar-refractivity contribution in [2.75, 3.05) is 0 Å². The molecule has 0 bridgehead atoms. The number of rotatable bonds is 15. The zero-order chi connectivity index (χ0) is 22.7. The van der Waals surface area contributed by atoms with Gasteiger partial charge in [-0.2, -0.15) is 0 Å². The van der Waals surface area contributed by atoms with E-state index >= 15 is 0 Å². The van der Waals surface area contributed by atoms with Crippen LogP contribution in [0, 0.1) is 0 Å². The Kier molecular flexibility index (Phi) is 17.4. The van der Waals surface area contributed by atoms with Gasteiger partial charge in [-0.3, -0.25) is 0 Å². The Labute approximate surface area is 177 Å². The second-order valence-corrected chi connectivity index (χ2v) is 7.41. The van der Waals surface area contributed by atoms with Crippen molar-refractivity contribution in [3.8, 4) is 5.75 Å². The largest absolute Gasteiger partial charge is 0.466 e. The summed E-state index contributed by atoms with van der Waals surface area (Å²) < 4.78 is 8.88. The second kappa shape index (κ2) is 18.3. The van der Waals surface area contributed by atoms with Crippen LogP contribution in [0.15, 0.2) is 41.7 Å². The number of benzene rings is 1. The lowest BCUT2D eigenvalue weighted by molar-refractivity contribution is -0.741. The molecular formula is C19H33O10P. The molecule has 0 heterocycles. The molecule has 0 saturated heterocycles. The van der Waals surface area contributed by atoms with E-state index in [9.17, 15) is 0 Å². The predicted octanol–water partition coefficient (Wildman–Crippen LogP) is 5.23. The van der Waals surface area contributed by atoms with Gasteiger partial charge in [0.05, 0.1) is 0 Å². The summed E-state index contributed by atoms with van der Waals surface area (Å²) in [4.78, 5) is 31.6. The molecule has 0 aromatic heterocycles. The molecule has 0 fully saturated rings. The molecule has 10 nitrogen and oxygen atoms in total. The monoisotopic (exact) mass is 452 g/mol. The summed E-state index contributed by atoms with van der Waals surface area (Å²) in [7, 11) is -4.64.